The Kier molecular flexibility index (Phi) is 4.01. The lowest BCUT2D eigenvalue weighted by Gasteiger charge is -2.07. The lowest BCUT2D eigenvalue weighted by Crippen LogP contribution is -1.90. The minimum Gasteiger partial charge on any atom is -0.493 e. The highest BCUT2D eigenvalue weighted by molar-refractivity contribution is 5.76. The standard InChI is InChI=1S/C18H16N2O2/c1-21-17-10-8-13(11-18(17)22-2)7-9-14-12-19-15-5-3-4-6-16(15)20-14/h3-12H,1-2H3. The summed E-state index contributed by atoms with van der Waals surface area (Å²) in [5, 5.41) is 0. The summed E-state index contributed by atoms with van der Waals surface area (Å²) in [5.74, 6) is 1.42. The smallest absolute Gasteiger partial charge is 0.161 e. The Morgan fingerprint density at radius 1 is 0.864 bits per heavy atom. The highest BCUT2D eigenvalue weighted by atomic mass is 16.5. The molecule has 0 radical (unpaired) electrons. The predicted molar refractivity (Wildman–Crippen MR) is 88.0 cm³/mol. The zero-order chi connectivity index (χ0) is 15.4. The van der Waals surface area contributed by atoms with Gasteiger partial charge in [-0.05, 0) is 35.9 Å². The van der Waals surface area contributed by atoms with Crippen molar-refractivity contribution in [3.63, 3.8) is 0 Å². The summed E-state index contributed by atoms with van der Waals surface area (Å²) in [5.41, 5.74) is 3.60. The fourth-order valence-electron chi connectivity index (χ4n) is 2.19. The maximum atomic E-state index is 5.30. The second kappa shape index (κ2) is 6.26. The number of hydrogen-bond donors (Lipinski definition) is 0. The molecule has 2 aromatic carbocycles. The van der Waals surface area contributed by atoms with Crippen LogP contribution in [0.1, 0.15) is 11.3 Å². The summed E-state index contributed by atoms with van der Waals surface area (Å²) in [6.07, 6.45) is 5.67. The highest BCUT2D eigenvalue weighted by Crippen LogP contribution is 2.28. The summed E-state index contributed by atoms with van der Waals surface area (Å²) in [6, 6.07) is 13.6. The highest BCUT2D eigenvalue weighted by Gasteiger charge is 2.03. The van der Waals surface area contributed by atoms with E-state index in [2.05, 4.69) is 9.97 Å². The van der Waals surface area contributed by atoms with Crippen molar-refractivity contribution in [2.24, 2.45) is 0 Å². The Balaban J connectivity index is 1.89. The van der Waals surface area contributed by atoms with Crippen LogP contribution in [-0.4, -0.2) is 24.2 Å². The number of ether oxygens (including phenoxy) is 2. The quantitative estimate of drug-likeness (QED) is 0.733. The molecule has 0 aliphatic heterocycles. The van der Waals surface area contributed by atoms with E-state index in [1.54, 1.807) is 20.4 Å². The van der Waals surface area contributed by atoms with Crippen LogP contribution in [-0.2, 0) is 0 Å². The number of benzene rings is 2. The predicted octanol–water partition coefficient (Wildman–Crippen LogP) is 3.82. The van der Waals surface area contributed by atoms with Crippen LogP contribution in [0.3, 0.4) is 0 Å². The number of aromatic nitrogens is 2. The number of methoxy groups -OCH3 is 2. The Morgan fingerprint density at radius 2 is 1.64 bits per heavy atom. The normalized spacial score (nSPS) is 11.0. The van der Waals surface area contributed by atoms with Gasteiger partial charge in [0, 0.05) is 0 Å². The lowest BCUT2D eigenvalue weighted by atomic mass is 10.1. The molecule has 3 rings (SSSR count). The molecule has 4 heteroatoms. The van der Waals surface area contributed by atoms with Crippen molar-refractivity contribution in [1.82, 2.24) is 9.97 Å². The first kappa shape index (κ1) is 14.1. The fraction of sp³-hybridized carbons (Fsp3) is 0.111. The van der Waals surface area contributed by atoms with Crippen LogP contribution in [0.25, 0.3) is 23.2 Å². The monoisotopic (exact) mass is 292 g/mol. The topological polar surface area (TPSA) is 44.2 Å². The Morgan fingerprint density at radius 3 is 2.41 bits per heavy atom. The molecular formula is C18H16N2O2. The third-order valence-electron chi connectivity index (χ3n) is 3.32. The van der Waals surface area contributed by atoms with Crippen molar-refractivity contribution >= 4 is 23.2 Å². The second-order valence-electron chi connectivity index (χ2n) is 4.73. The number of hydrogen-bond acceptors (Lipinski definition) is 4. The molecule has 0 fully saturated rings. The average Bonchev–Trinajstić information content (AvgIpc) is 2.59. The number of para-hydroxylation sites is 2. The van der Waals surface area contributed by atoms with Crippen molar-refractivity contribution in [2.75, 3.05) is 14.2 Å². The van der Waals surface area contributed by atoms with Gasteiger partial charge in [0.2, 0.25) is 0 Å². The van der Waals surface area contributed by atoms with Crippen molar-refractivity contribution < 1.29 is 9.47 Å². The van der Waals surface area contributed by atoms with Gasteiger partial charge in [0.15, 0.2) is 11.5 Å². The minimum absolute atomic E-state index is 0.703. The molecule has 0 saturated carbocycles. The van der Waals surface area contributed by atoms with Crippen LogP contribution in [0.5, 0.6) is 11.5 Å². The third kappa shape index (κ3) is 2.91. The molecule has 1 aromatic heterocycles. The van der Waals surface area contributed by atoms with Gasteiger partial charge in [-0.25, -0.2) is 4.98 Å². The van der Waals surface area contributed by atoms with E-state index in [4.69, 9.17) is 9.47 Å². The van der Waals surface area contributed by atoms with E-state index in [0.29, 0.717) is 11.5 Å². The molecule has 3 aromatic rings. The van der Waals surface area contributed by atoms with Gasteiger partial charge in [-0.1, -0.05) is 24.3 Å². The van der Waals surface area contributed by atoms with Crippen molar-refractivity contribution in [3.8, 4) is 11.5 Å². The summed E-state index contributed by atoms with van der Waals surface area (Å²) < 4.78 is 10.5. The summed E-state index contributed by atoms with van der Waals surface area (Å²) in [6.45, 7) is 0. The molecule has 0 spiro atoms. The molecule has 0 N–H and O–H groups in total. The molecule has 1 heterocycles. The van der Waals surface area contributed by atoms with Gasteiger partial charge in [0.1, 0.15) is 0 Å². The van der Waals surface area contributed by atoms with Gasteiger partial charge in [0.05, 0.1) is 37.1 Å². The number of nitrogens with zero attached hydrogens (tertiary/aromatic N) is 2. The lowest BCUT2D eigenvalue weighted by molar-refractivity contribution is 0.355. The Bertz CT molecular complexity index is 828. The Labute approximate surface area is 129 Å². The van der Waals surface area contributed by atoms with E-state index in [0.717, 1.165) is 22.3 Å². The Hall–Kier alpha value is -2.88. The van der Waals surface area contributed by atoms with Crippen LogP contribution in [0, 0.1) is 0 Å². The number of fused-ring (bicyclic) bond motifs is 1. The maximum Gasteiger partial charge on any atom is 0.161 e. The minimum atomic E-state index is 0.703. The van der Waals surface area contributed by atoms with Crippen molar-refractivity contribution in [1.29, 1.82) is 0 Å². The molecule has 0 atom stereocenters. The molecule has 0 saturated heterocycles. The van der Waals surface area contributed by atoms with E-state index in [1.807, 2.05) is 54.6 Å². The first-order valence-corrected chi connectivity index (χ1v) is 6.92. The molecule has 0 bridgehead atoms. The molecular weight excluding hydrogens is 276 g/mol. The fourth-order valence-corrected chi connectivity index (χ4v) is 2.19. The zero-order valence-corrected chi connectivity index (χ0v) is 12.5. The van der Waals surface area contributed by atoms with E-state index in [-0.39, 0.29) is 0 Å². The maximum absolute atomic E-state index is 5.30. The molecule has 0 amide bonds. The average molecular weight is 292 g/mol. The van der Waals surface area contributed by atoms with Gasteiger partial charge in [-0.3, -0.25) is 4.98 Å². The molecule has 110 valence electrons. The molecule has 0 aliphatic rings. The largest absolute Gasteiger partial charge is 0.493 e. The molecule has 22 heavy (non-hydrogen) atoms. The van der Waals surface area contributed by atoms with E-state index in [1.165, 1.54) is 0 Å². The van der Waals surface area contributed by atoms with Crippen molar-refractivity contribution in [3.05, 3.63) is 59.9 Å². The van der Waals surface area contributed by atoms with E-state index < -0.39 is 0 Å². The summed E-state index contributed by atoms with van der Waals surface area (Å²) in [7, 11) is 3.25. The number of rotatable bonds is 4. The third-order valence-corrected chi connectivity index (χ3v) is 3.32. The van der Waals surface area contributed by atoms with Gasteiger partial charge < -0.3 is 9.47 Å². The van der Waals surface area contributed by atoms with Gasteiger partial charge >= 0.3 is 0 Å². The first-order chi connectivity index (χ1) is 10.8. The molecule has 0 unspecified atom stereocenters. The summed E-state index contributed by atoms with van der Waals surface area (Å²) in [4.78, 5) is 8.96. The van der Waals surface area contributed by atoms with Crippen molar-refractivity contribution in [2.45, 2.75) is 0 Å². The summed E-state index contributed by atoms with van der Waals surface area (Å²) >= 11 is 0. The second-order valence-corrected chi connectivity index (χ2v) is 4.73. The molecule has 4 nitrogen and oxygen atoms in total. The SMILES string of the molecule is COc1ccc(C=Cc2cnc3ccccc3n2)cc1OC. The molecule has 0 aliphatic carbocycles. The van der Waals surface area contributed by atoms with E-state index >= 15 is 0 Å². The van der Waals surface area contributed by atoms with Gasteiger partial charge in [-0.15, -0.1) is 0 Å². The van der Waals surface area contributed by atoms with Crippen LogP contribution in [0.4, 0.5) is 0 Å². The van der Waals surface area contributed by atoms with Gasteiger partial charge in [0.25, 0.3) is 0 Å². The van der Waals surface area contributed by atoms with Crippen LogP contribution in [0.2, 0.25) is 0 Å². The van der Waals surface area contributed by atoms with E-state index in [9.17, 15) is 0 Å². The van der Waals surface area contributed by atoms with Gasteiger partial charge in [-0.2, -0.15) is 0 Å². The van der Waals surface area contributed by atoms with Crippen LogP contribution >= 0.6 is 0 Å². The van der Waals surface area contributed by atoms with Crippen LogP contribution in [0.15, 0.2) is 48.7 Å². The zero-order valence-electron chi connectivity index (χ0n) is 12.5. The first-order valence-electron chi connectivity index (χ1n) is 6.92. The van der Waals surface area contributed by atoms with Crippen LogP contribution < -0.4 is 9.47 Å².